The highest BCUT2D eigenvalue weighted by atomic mass is 32.1. The molecule has 0 saturated carbocycles. The van der Waals surface area contributed by atoms with Gasteiger partial charge in [0, 0.05) is 5.56 Å². The number of benzene rings is 2. The second-order valence-electron chi connectivity index (χ2n) is 4.76. The van der Waals surface area contributed by atoms with E-state index in [1.165, 1.54) is 15.8 Å². The molecule has 0 atom stereocenters. The Hall–Kier alpha value is -1.67. The zero-order chi connectivity index (χ0) is 14.5. The summed E-state index contributed by atoms with van der Waals surface area (Å²) in [7, 11) is 0. The molecule has 0 aliphatic rings. The van der Waals surface area contributed by atoms with Crippen molar-refractivity contribution in [1.82, 2.24) is 4.98 Å². The molecular formula is C18H21NS. The van der Waals surface area contributed by atoms with Gasteiger partial charge >= 0.3 is 0 Å². The highest BCUT2D eigenvalue weighted by Crippen LogP contribution is 2.30. The molecule has 3 rings (SSSR count). The van der Waals surface area contributed by atoms with E-state index in [0.717, 1.165) is 10.5 Å². The SMILES string of the molecule is CC.CC(C)c1ccc(-c2nc3ccccc3s2)cc1. The number of para-hydroxylation sites is 1. The van der Waals surface area contributed by atoms with E-state index in [4.69, 9.17) is 0 Å². The minimum absolute atomic E-state index is 0.578. The highest BCUT2D eigenvalue weighted by Gasteiger charge is 2.06. The van der Waals surface area contributed by atoms with Gasteiger partial charge in [-0.25, -0.2) is 4.98 Å². The van der Waals surface area contributed by atoms with Crippen LogP contribution < -0.4 is 0 Å². The monoisotopic (exact) mass is 283 g/mol. The van der Waals surface area contributed by atoms with Crippen molar-refractivity contribution < 1.29 is 0 Å². The standard InChI is InChI=1S/C16H15NS.C2H6/c1-11(2)12-7-9-13(10-8-12)16-17-14-5-3-4-6-15(14)18-16;1-2/h3-11H,1-2H3;1-2H3. The van der Waals surface area contributed by atoms with Crippen LogP contribution in [0.25, 0.3) is 20.8 Å². The van der Waals surface area contributed by atoms with Gasteiger partial charge in [0.1, 0.15) is 5.01 Å². The van der Waals surface area contributed by atoms with Gasteiger partial charge in [-0.15, -0.1) is 11.3 Å². The molecular weight excluding hydrogens is 262 g/mol. The van der Waals surface area contributed by atoms with Crippen LogP contribution in [0, 0.1) is 0 Å². The minimum atomic E-state index is 0.578. The first kappa shape index (κ1) is 14.7. The topological polar surface area (TPSA) is 12.9 Å². The predicted molar refractivity (Wildman–Crippen MR) is 90.5 cm³/mol. The van der Waals surface area contributed by atoms with E-state index >= 15 is 0 Å². The van der Waals surface area contributed by atoms with Crippen LogP contribution in [0.4, 0.5) is 0 Å². The fraction of sp³-hybridized carbons (Fsp3) is 0.278. The summed E-state index contributed by atoms with van der Waals surface area (Å²) < 4.78 is 1.25. The molecule has 1 heterocycles. The molecule has 0 bridgehead atoms. The normalized spacial score (nSPS) is 10.4. The lowest BCUT2D eigenvalue weighted by Gasteiger charge is -2.05. The quantitative estimate of drug-likeness (QED) is 0.552. The molecule has 0 unspecified atom stereocenters. The third-order valence-corrected chi connectivity index (χ3v) is 4.20. The van der Waals surface area contributed by atoms with Crippen molar-refractivity contribution in [3.05, 3.63) is 54.1 Å². The van der Waals surface area contributed by atoms with Crippen molar-refractivity contribution in [2.45, 2.75) is 33.6 Å². The molecule has 1 nitrogen and oxygen atoms in total. The molecule has 0 saturated heterocycles. The van der Waals surface area contributed by atoms with Crippen molar-refractivity contribution >= 4 is 21.6 Å². The molecule has 2 aromatic carbocycles. The maximum Gasteiger partial charge on any atom is 0.124 e. The van der Waals surface area contributed by atoms with Crippen LogP contribution in [0.2, 0.25) is 0 Å². The second kappa shape index (κ2) is 6.67. The average Bonchev–Trinajstić information content (AvgIpc) is 2.93. The number of aromatic nitrogens is 1. The van der Waals surface area contributed by atoms with Gasteiger partial charge in [0.15, 0.2) is 0 Å². The number of rotatable bonds is 2. The minimum Gasteiger partial charge on any atom is -0.236 e. The average molecular weight is 283 g/mol. The van der Waals surface area contributed by atoms with Crippen molar-refractivity contribution in [3.63, 3.8) is 0 Å². The van der Waals surface area contributed by atoms with Gasteiger partial charge in [0.25, 0.3) is 0 Å². The van der Waals surface area contributed by atoms with Gasteiger partial charge in [0.2, 0.25) is 0 Å². The van der Waals surface area contributed by atoms with E-state index in [1.54, 1.807) is 11.3 Å². The Labute approximate surface area is 125 Å². The van der Waals surface area contributed by atoms with Crippen LogP contribution in [0.1, 0.15) is 39.2 Å². The molecule has 0 fully saturated rings. The molecule has 0 N–H and O–H groups in total. The summed E-state index contributed by atoms with van der Waals surface area (Å²) in [5, 5.41) is 1.10. The first-order chi connectivity index (χ1) is 9.74. The zero-order valence-electron chi connectivity index (χ0n) is 12.6. The van der Waals surface area contributed by atoms with Gasteiger partial charge in [-0.05, 0) is 23.6 Å². The van der Waals surface area contributed by atoms with Crippen LogP contribution >= 0.6 is 11.3 Å². The maximum absolute atomic E-state index is 4.68. The third-order valence-electron chi connectivity index (χ3n) is 3.12. The van der Waals surface area contributed by atoms with Gasteiger partial charge in [-0.1, -0.05) is 64.1 Å². The number of fused-ring (bicyclic) bond motifs is 1. The van der Waals surface area contributed by atoms with E-state index in [2.05, 4.69) is 61.3 Å². The number of nitrogens with zero attached hydrogens (tertiary/aromatic N) is 1. The lowest BCUT2D eigenvalue weighted by atomic mass is 10.0. The predicted octanol–water partition coefficient (Wildman–Crippen LogP) is 6.11. The van der Waals surface area contributed by atoms with Gasteiger partial charge < -0.3 is 0 Å². The highest BCUT2D eigenvalue weighted by molar-refractivity contribution is 7.21. The lowest BCUT2D eigenvalue weighted by Crippen LogP contribution is -1.86. The Morgan fingerprint density at radius 1 is 0.900 bits per heavy atom. The van der Waals surface area contributed by atoms with Crippen molar-refractivity contribution in [2.24, 2.45) is 0 Å². The second-order valence-corrected chi connectivity index (χ2v) is 5.79. The van der Waals surface area contributed by atoms with Gasteiger partial charge in [0.05, 0.1) is 10.2 Å². The Morgan fingerprint density at radius 3 is 2.15 bits per heavy atom. The van der Waals surface area contributed by atoms with Crippen LogP contribution in [0.3, 0.4) is 0 Å². The molecule has 0 aliphatic heterocycles. The molecule has 3 aromatic rings. The lowest BCUT2D eigenvalue weighted by molar-refractivity contribution is 0.867. The first-order valence-corrected chi connectivity index (χ1v) is 8.01. The molecule has 2 heteroatoms. The summed E-state index contributed by atoms with van der Waals surface area (Å²) in [6, 6.07) is 17.0. The molecule has 0 radical (unpaired) electrons. The summed E-state index contributed by atoms with van der Waals surface area (Å²) in [6.45, 7) is 8.43. The molecule has 0 spiro atoms. The van der Waals surface area contributed by atoms with Crippen molar-refractivity contribution in [1.29, 1.82) is 0 Å². The van der Waals surface area contributed by atoms with E-state index in [-0.39, 0.29) is 0 Å². The first-order valence-electron chi connectivity index (χ1n) is 7.20. The summed E-state index contributed by atoms with van der Waals surface area (Å²) in [5.74, 6) is 0.578. The van der Waals surface area contributed by atoms with Crippen LogP contribution in [-0.2, 0) is 0 Å². The molecule has 20 heavy (non-hydrogen) atoms. The van der Waals surface area contributed by atoms with Gasteiger partial charge in [-0.2, -0.15) is 0 Å². The van der Waals surface area contributed by atoms with E-state index in [1.807, 2.05) is 19.9 Å². The van der Waals surface area contributed by atoms with Crippen molar-refractivity contribution in [2.75, 3.05) is 0 Å². The van der Waals surface area contributed by atoms with Crippen LogP contribution in [0.5, 0.6) is 0 Å². The summed E-state index contributed by atoms with van der Waals surface area (Å²) in [5.41, 5.74) is 3.67. The number of hydrogen-bond acceptors (Lipinski definition) is 2. The largest absolute Gasteiger partial charge is 0.236 e. The van der Waals surface area contributed by atoms with Crippen molar-refractivity contribution in [3.8, 4) is 10.6 Å². The Bertz CT molecular complexity index is 632. The number of thiazole rings is 1. The number of hydrogen-bond donors (Lipinski definition) is 0. The summed E-state index contributed by atoms with van der Waals surface area (Å²) in [4.78, 5) is 4.68. The third kappa shape index (κ3) is 3.07. The molecule has 0 amide bonds. The zero-order valence-corrected chi connectivity index (χ0v) is 13.4. The maximum atomic E-state index is 4.68. The Kier molecular flexibility index (Phi) is 4.91. The molecule has 1 aromatic heterocycles. The Balaban J connectivity index is 0.000000704. The van der Waals surface area contributed by atoms with Gasteiger partial charge in [-0.3, -0.25) is 0 Å². The van der Waals surface area contributed by atoms with Crippen LogP contribution in [0.15, 0.2) is 48.5 Å². The van der Waals surface area contributed by atoms with E-state index < -0.39 is 0 Å². The van der Waals surface area contributed by atoms with E-state index in [0.29, 0.717) is 5.92 Å². The summed E-state index contributed by atoms with van der Waals surface area (Å²) >= 11 is 1.75. The van der Waals surface area contributed by atoms with Crippen LogP contribution in [-0.4, -0.2) is 4.98 Å². The summed E-state index contributed by atoms with van der Waals surface area (Å²) in [6.07, 6.45) is 0. The molecule has 0 aliphatic carbocycles. The smallest absolute Gasteiger partial charge is 0.124 e. The fourth-order valence-corrected chi connectivity index (χ4v) is 2.98. The fourth-order valence-electron chi connectivity index (χ4n) is 2.01. The molecule has 104 valence electrons. The Morgan fingerprint density at radius 2 is 1.55 bits per heavy atom. The van der Waals surface area contributed by atoms with E-state index in [9.17, 15) is 0 Å².